The Morgan fingerprint density at radius 2 is 1.93 bits per heavy atom. The molecule has 1 aliphatic rings. The molecule has 1 heterocycles. The van der Waals surface area contributed by atoms with Gasteiger partial charge in [-0.15, -0.1) is 0 Å². The number of phenolic OH excluding ortho intramolecular Hbond substituents is 2. The molecule has 0 bridgehead atoms. The minimum absolute atomic E-state index is 0.00942. The molecular formula is C23H31N3O2S. The van der Waals surface area contributed by atoms with E-state index in [1.165, 1.54) is 24.4 Å². The van der Waals surface area contributed by atoms with Crippen molar-refractivity contribution >= 4 is 24.4 Å². The molecule has 0 saturated heterocycles. The molecule has 3 rings (SSSR count). The van der Waals surface area contributed by atoms with Crippen LogP contribution in [0.3, 0.4) is 0 Å². The summed E-state index contributed by atoms with van der Waals surface area (Å²) in [5.74, 6) is 0.659. The number of hydrogen-bond acceptors (Lipinski definition) is 5. The lowest BCUT2D eigenvalue weighted by molar-refractivity contribution is 0.441. The molecule has 6 heteroatoms. The molecule has 0 amide bonds. The van der Waals surface area contributed by atoms with Gasteiger partial charge in [0, 0.05) is 42.0 Å². The van der Waals surface area contributed by atoms with E-state index in [9.17, 15) is 10.2 Å². The average Bonchev–Trinajstić information content (AvgIpc) is 2.91. The highest BCUT2D eigenvalue weighted by Crippen LogP contribution is 2.37. The number of aryl methyl sites for hydroxylation is 1. The lowest BCUT2D eigenvalue weighted by Crippen LogP contribution is -2.19. The second-order valence-electron chi connectivity index (χ2n) is 7.10. The Balaban J connectivity index is 0.00000145. The Morgan fingerprint density at radius 3 is 2.55 bits per heavy atom. The van der Waals surface area contributed by atoms with E-state index in [1.807, 2.05) is 37.9 Å². The fraction of sp³-hybridized carbons (Fsp3) is 0.304. The van der Waals surface area contributed by atoms with E-state index in [-0.39, 0.29) is 17.4 Å². The van der Waals surface area contributed by atoms with Gasteiger partial charge in [0.1, 0.15) is 11.5 Å². The summed E-state index contributed by atoms with van der Waals surface area (Å²) in [6.07, 6.45) is 9.16. The Hall–Kier alpha value is -2.57. The molecule has 0 radical (unpaired) electrons. The molecular weight excluding hydrogens is 382 g/mol. The average molecular weight is 414 g/mol. The van der Waals surface area contributed by atoms with Gasteiger partial charge in [-0.3, -0.25) is 0 Å². The lowest BCUT2D eigenvalue weighted by Gasteiger charge is -2.27. The van der Waals surface area contributed by atoms with Crippen LogP contribution in [0.5, 0.6) is 11.5 Å². The monoisotopic (exact) mass is 413 g/mol. The van der Waals surface area contributed by atoms with Crippen molar-refractivity contribution < 1.29 is 10.2 Å². The normalized spacial score (nSPS) is 12.6. The first-order valence-electron chi connectivity index (χ1n) is 9.57. The number of nitrogens with two attached hydrogens (primary N) is 1. The quantitative estimate of drug-likeness (QED) is 0.432. The second kappa shape index (κ2) is 9.76. The van der Waals surface area contributed by atoms with Crippen LogP contribution in [0.15, 0.2) is 48.8 Å². The molecule has 1 aliphatic carbocycles. The summed E-state index contributed by atoms with van der Waals surface area (Å²) in [5, 5.41) is 20.5. The molecule has 0 unspecified atom stereocenters. The number of fused-ring (bicyclic) bond motifs is 1. The Labute approximate surface area is 178 Å². The maximum absolute atomic E-state index is 10.4. The summed E-state index contributed by atoms with van der Waals surface area (Å²) in [6, 6.07) is 5.32. The van der Waals surface area contributed by atoms with Crippen LogP contribution < -0.4 is 5.73 Å². The molecule has 156 valence electrons. The van der Waals surface area contributed by atoms with Gasteiger partial charge >= 0.3 is 0 Å². The Bertz CT molecular complexity index is 942. The van der Waals surface area contributed by atoms with Gasteiger partial charge in [0.2, 0.25) is 0 Å². The van der Waals surface area contributed by atoms with E-state index >= 15 is 0 Å². The number of hydrogen-bond donors (Lipinski definition) is 4. The van der Waals surface area contributed by atoms with Gasteiger partial charge in [-0.25, -0.2) is 0 Å². The van der Waals surface area contributed by atoms with Gasteiger partial charge < -0.3 is 25.4 Å². The zero-order chi connectivity index (χ0) is 21.7. The molecule has 0 atom stereocenters. The van der Waals surface area contributed by atoms with Crippen LogP contribution in [0.1, 0.15) is 42.1 Å². The van der Waals surface area contributed by atoms with Crippen LogP contribution in [0, 0.1) is 0 Å². The highest BCUT2D eigenvalue weighted by Gasteiger charge is 2.19. The summed E-state index contributed by atoms with van der Waals surface area (Å²) in [5.41, 5.74) is 9.95. The minimum atomic E-state index is 0.00942. The van der Waals surface area contributed by atoms with Crippen molar-refractivity contribution in [1.29, 1.82) is 0 Å². The number of phenols is 2. The number of aromatic hydroxyl groups is 2. The number of rotatable bonds is 5. The minimum Gasteiger partial charge on any atom is -0.508 e. The van der Waals surface area contributed by atoms with E-state index in [4.69, 9.17) is 0 Å². The van der Waals surface area contributed by atoms with Gasteiger partial charge in [0.05, 0.1) is 5.88 Å². The maximum Gasteiger partial charge on any atom is 0.128 e. The van der Waals surface area contributed by atoms with Crippen LogP contribution in [-0.2, 0) is 13.5 Å². The Kier molecular flexibility index (Phi) is 7.65. The predicted octanol–water partition coefficient (Wildman–Crippen LogP) is 4.45. The number of nitrogens with zero attached hydrogens (tertiary/aromatic N) is 2. The van der Waals surface area contributed by atoms with E-state index in [2.05, 4.69) is 53.9 Å². The van der Waals surface area contributed by atoms with Crippen molar-refractivity contribution in [3.63, 3.8) is 0 Å². The van der Waals surface area contributed by atoms with Gasteiger partial charge in [-0.2, -0.15) is 12.6 Å². The van der Waals surface area contributed by atoms with E-state index in [0.717, 1.165) is 17.7 Å². The Morgan fingerprint density at radius 1 is 1.24 bits per heavy atom. The summed E-state index contributed by atoms with van der Waals surface area (Å²) in [4.78, 5) is 1.96. The highest BCUT2D eigenvalue weighted by molar-refractivity contribution is 7.80. The van der Waals surface area contributed by atoms with E-state index in [0.29, 0.717) is 17.1 Å². The number of aromatic nitrogens is 1. The first kappa shape index (κ1) is 22.7. The molecule has 2 aromatic rings. The molecule has 0 saturated carbocycles. The number of thiol groups is 1. The van der Waals surface area contributed by atoms with Crippen molar-refractivity contribution in [3.8, 4) is 11.5 Å². The molecule has 0 aliphatic heterocycles. The third-order valence-corrected chi connectivity index (χ3v) is 5.29. The zero-order valence-electron chi connectivity index (χ0n) is 17.6. The van der Waals surface area contributed by atoms with E-state index < -0.39 is 0 Å². The first-order valence-corrected chi connectivity index (χ1v) is 10.2. The summed E-state index contributed by atoms with van der Waals surface area (Å²) >= 11 is 4.49. The second-order valence-corrected chi connectivity index (χ2v) is 7.39. The molecule has 0 spiro atoms. The van der Waals surface area contributed by atoms with E-state index in [1.54, 1.807) is 0 Å². The van der Waals surface area contributed by atoms with Crippen LogP contribution in [0.4, 0.5) is 0 Å². The number of allylic oxidation sites excluding steroid dienone is 2. The van der Waals surface area contributed by atoms with Gasteiger partial charge in [-0.05, 0) is 54.8 Å². The molecule has 1 aromatic carbocycles. The van der Waals surface area contributed by atoms with Crippen LogP contribution >= 0.6 is 12.6 Å². The topological polar surface area (TPSA) is 74.7 Å². The maximum atomic E-state index is 10.4. The fourth-order valence-corrected chi connectivity index (χ4v) is 3.73. The predicted molar refractivity (Wildman–Crippen MR) is 125 cm³/mol. The van der Waals surface area contributed by atoms with Crippen LogP contribution in [0.25, 0.3) is 11.8 Å². The van der Waals surface area contributed by atoms with Gasteiger partial charge in [-0.1, -0.05) is 26.5 Å². The smallest absolute Gasteiger partial charge is 0.128 e. The van der Waals surface area contributed by atoms with Crippen LogP contribution in [-0.4, -0.2) is 32.6 Å². The molecule has 0 fully saturated rings. The van der Waals surface area contributed by atoms with Crippen molar-refractivity contribution in [2.45, 2.75) is 26.2 Å². The summed E-state index contributed by atoms with van der Waals surface area (Å²) in [7, 11) is 3.53. The van der Waals surface area contributed by atoms with Gasteiger partial charge in [0.15, 0.2) is 0 Å². The van der Waals surface area contributed by atoms with Crippen molar-refractivity contribution in [3.05, 3.63) is 71.2 Å². The fourth-order valence-electron chi connectivity index (χ4n) is 3.39. The number of benzene rings is 1. The zero-order valence-corrected chi connectivity index (χ0v) is 18.4. The van der Waals surface area contributed by atoms with Crippen LogP contribution in [0.2, 0.25) is 0 Å². The largest absolute Gasteiger partial charge is 0.508 e. The molecule has 29 heavy (non-hydrogen) atoms. The third-order valence-electron chi connectivity index (χ3n) is 5.01. The molecule has 5 nitrogen and oxygen atoms in total. The molecule has 1 aromatic heterocycles. The van der Waals surface area contributed by atoms with Gasteiger partial charge in [0.25, 0.3) is 0 Å². The third kappa shape index (κ3) is 4.71. The first-order chi connectivity index (χ1) is 13.8. The summed E-state index contributed by atoms with van der Waals surface area (Å²) < 4.78 is 2.10. The SMILES string of the molecule is C=C(c1cc(C(C)C)c(O)cc1O)N(CS)C1=CCc2ccn(C)c2C=C1.CN. The lowest BCUT2D eigenvalue weighted by atomic mass is 9.97. The van der Waals surface area contributed by atoms with Crippen molar-refractivity contribution in [2.24, 2.45) is 12.8 Å². The highest BCUT2D eigenvalue weighted by atomic mass is 32.1. The van der Waals surface area contributed by atoms with Crippen molar-refractivity contribution in [2.75, 3.05) is 12.9 Å². The standard InChI is InChI=1S/C22H26N2O2S.CH5N/c1-14(2)18-11-19(22(26)12-21(18)25)15(3)24(13-27)17-6-5-16-9-10-23(4)20(16)8-7-17;1-2/h6-12,14,25-27H,3,5,13H2,1-2,4H3;2H2,1H3. The summed E-state index contributed by atoms with van der Waals surface area (Å²) in [6.45, 7) is 8.21. The van der Waals surface area contributed by atoms with Crippen molar-refractivity contribution in [1.82, 2.24) is 9.47 Å². The molecule has 4 N–H and O–H groups in total.